The summed E-state index contributed by atoms with van der Waals surface area (Å²) in [6.45, 7) is 2.70. The van der Waals surface area contributed by atoms with Gasteiger partial charge in [0.25, 0.3) is 5.69 Å². The maximum absolute atomic E-state index is 11.2. The number of nitrogens with one attached hydrogen (secondary N) is 1. The zero-order valence-corrected chi connectivity index (χ0v) is 12.2. The van der Waals surface area contributed by atoms with Gasteiger partial charge in [-0.1, -0.05) is 12.8 Å². The minimum Gasteiger partial charge on any atom is -0.379 e. The lowest BCUT2D eigenvalue weighted by Crippen LogP contribution is -2.04. The van der Waals surface area contributed by atoms with Crippen molar-refractivity contribution < 1.29 is 4.92 Å². The van der Waals surface area contributed by atoms with Crippen molar-refractivity contribution in [3.8, 4) is 0 Å². The molecule has 5 nitrogen and oxygen atoms in total. The minimum atomic E-state index is -0.322. The molecule has 1 saturated carbocycles. The maximum atomic E-state index is 11.2. The highest BCUT2D eigenvalue weighted by atomic mass is 32.1. The highest BCUT2D eigenvalue weighted by Crippen LogP contribution is 2.35. The van der Waals surface area contributed by atoms with Crippen LogP contribution in [0, 0.1) is 23.0 Å². The van der Waals surface area contributed by atoms with Crippen LogP contribution in [0.5, 0.6) is 0 Å². The summed E-state index contributed by atoms with van der Waals surface area (Å²) in [5.74, 6) is 0.899. The van der Waals surface area contributed by atoms with Crippen molar-refractivity contribution in [1.29, 1.82) is 0 Å². The molecule has 0 aliphatic heterocycles. The third-order valence-corrected chi connectivity index (χ3v) is 4.54. The summed E-state index contributed by atoms with van der Waals surface area (Å²) in [6.07, 6.45) is 4.99. The number of anilines is 1. The van der Waals surface area contributed by atoms with Gasteiger partial charge in [0.15, 0.2) is 0 Å². The highest BCUT2D eigenvalue weighted by Gasteiger charge is 2.21. The molecular formula is C14H17N3O2S. The van der Waals surface area contributed by atoms with Crippen LogP contribution in [0.25, 0.3) is 10.2 Å². The van der Waals surface area contributed by atoms with E-state index in [9.17, 15) is 10.1 Å². The summed E-state index contributed by atoms with van der Waals surface area (Å²) in [4.78, 5) is 15.2. The fourth-order valence-electron chi connectivity index (χ4n) is 2.39. The largest absolute Gasteiger partial charge is 0.379 e. The Balaban J connectivity index is 1.78. The Kier molecular flexibility index (Phi) is 3.56. The topological polar surface area (TPSA) is 68.1 Å². The van der Waals surface area contributed by atoms with Crippen LogP contribution in [0.2, 0.25) is 0 Å². The quantitative estimate of drug-likeness (QED) is 0.494. The first kappa shape index (κ1) is 13.3. The van der Waals surface area contributed by atoms with Crippen molar-refractivity contribution in [3.05, 3.63) is 27.3 Å². The first-order chi connectivity index (χ1) is 9.63. The van der Waals surface area contributed by atoms with E-state index in [1.807, 2.05) is 6.92 Å². The van der Waals surface area contributed by atoms with E-state index in [1.165, 1.54) is 30.6 Å². The number of benzene rings is 1. The predicted octanol–water partition coefficient (Wildman–Crippen LogP) is 4.12. The van der Waals surface area contributed by atoms with Crippen LogP contribution in [-0.4, -0.2) is 16.5 Å². The Hall–Kier alpha value is -1.69. The second-order valence-corrected chi connectivity index (χ2v) is 6.57. The molecule has 1 aliphatic carbocycles. The Morgan fingerprint density at radius 3 is 3.00 bits per heavy atom. The number of nitro groups is 1. The maximum Gasteiger partial charge on any atom is 0.293 e. The monoisotopic (exact) mass is 291 g/mol. The number of hydrogen-bond acceptors (Lipinski definition) is 5. The number of hydrogen-bond donors (Lipinski definition) is 1. The van der Waals surface area contributed by atoms with E-state index in [1.54, 1.807) is 12.1 Å². The van der Waals surface area contributed by atoms with E-state index >= 15 is 0 Å². The van der Waals surface area contributed by atoms with Gasteiger partial charge in [-0.25, -0.2) is 4.98 Å². The molecule has 1 fully saturated rings. The summed E-state index contributed by atoms with van der Waals surface area (Å²) in [5, 5.41) is 15.3. The van der Waals surface area contributed by atoms with Crippen LogP contribution in [-0.2, 0) is 0 Å². The van der Waals surface area contributed by atoms with Gasteiger partial charge in [-0.2, -0.15) is 0 Å². The van der Waals surface area contributed by atoms with Crippen molar-refractivity contribution in [2.75, 3.05) is 11.9 Å². The van der Waals surface area contributed by atoms with Crippen LogP contribution >= 0.6 is 11.3 Å². The molecule has 2 aromatic rings. The van der Waals surface area contributed by atoms with Gasteiger partial charge in [-0.05, 0) is 31.7 Å². The molecule has 1 aromatic carbocycles. The number of nitrogens with zero attached hydrogens (tertiary/aromatic N) is 2. The molecule has 1 aromatic heterocycles. The molecule has 0 saturated heterocycles. The number of thiazole rings is 1. The van der Waals surface area contributed by atoms with E-state index in [2.05, 4.69) is 10.3 Å². The van der Waals surface area contributed by atoms with Crippen molar-refractivity contribution >= 4 is 32.9 Å². The van der Waals surface area contributed by atoms with E-state index in [0.29, 0.717) is 5.69 Å². The van der Waals surface area contributed by atoms with Gasteiger partial charge in [0.05, 0.1) is 20.1 Å². The molecule has 20 heavy (non-hydrogen) atoms. The van der Waals surface area contributed by atoms with E-state index < -0.39 is 0 Å². The van der Waals surface area contributed by atoms with Gasteiger partial charge in [-0.3, -0.25) is 10.1 Å². The molecule has 0 spiro atoms. The first-order valence-electron chi connectivity index (χ1n) is 6.93. The van der Waals surface area contributed by atoms with Gasteiger partial charge in [0, 0.05) is 12.6 Å². The molecule has 6 heteroatoms. The molecule has 1 aliphatic rings. The third-order valence-electron chi connectivity index (χ3n) is 3.61. The molecule has 3 rings (SSSR count). The fourth-order valence-corrected chi connectivity index (χ4v) is 3.23. The van der Waals surface area contributed by atoms with Gasteiger partial charge in [0.2, 0.25) is 0 Å². The summed E-state index contributed by atoms with van der Waals surface area (Å²) < 4.78 is 0.873. The Morgan fingerprint density at radius 2 is 2.30 bits per heavy atom. The molecule has 0 atom stereocenters. The zero-order valence-electron chi connectivity index (χ0n) is 11.4. The molecule has 0 unspecified atom stereocenters. The van der Waals surface area contributed by atoms with Crippen molar-refractivity contribution in [3.63, 3.8) is 0 Å². The van der Waals surface area contributed by atoms with E-state index in [0.717, 1.165) is 34.1 Å². The molecule has 0 radical (unpaired) electrons. The summed E-state index contributed by atoms with van der Waals surface area (Å²) in [6, 6.07) is 3.43. The van der Waals surface area contributed by atoms with Crippen LogP contribution in [0.3, 0.4) is 0 Å². The van der Waals surface area contributed by atoms with Crippen LogP contribution in [0.1, 0.15) is 30.7 Å². The van der Waals surface area contributed by atoms with E-state index in [4.69, 9.17) is 0 Å². The standard InChI is InChI=1S/C14H17N3O2S/c1-9-16-12-7-11(15-6-2-3-10-4-5-10)13(17(18)19)8-14(12)20-9/h7-8,10,15H,2-6H2,1H3. The summed E-state index contributed by atoms with van der Waals surface area (Å²) in [5.41, 5.74) is 1.57. The average molecular weight is 291 g/mol. The molecule has 1 heterocycles. The number of aromatic nitrogens is 1. The van der Waals surface area contributed by atoms with Gasteiger partial charge >= 0.3 is 0 Å². The second kappa shape index (κ2) is 5.36. The van der Waals surface area contributed by atoms with Crippen molar-refractivity contribution in [1.82, 2.24) is 4.98 Å². The van der Waals surface area contributed by atoms with Crippen LogP contribution in [0.15, 0.2) is 12.1 Å². The molecule has 1 N–H and O–H groups in total. The van der Waals surface area contributed by atoms with Gasteiger partial charge in [-0.15, -0.1) is 11.3 Å². The Bertz CT molecular complexity index is 649. The highest BCUT2D eigenvalue weighted by molar-refractivity contribution is 7.18. The summed E-state index contributed by atoms with van der Waals surface area (Å²) >= 11 is 1.49. The van der Waals surface area contributed by atoms with Crippen LogP contribution < -0.4 is 5.32 Å². The van der Waals surface area contributed by atoms with E-state index in [-0.39, 0.29) is 10.6 Å². The van der Waals surface area contributed by atoms with Crippen molar-refractivity contribution in [2.45, 2.75) is 32.6 Å². The lowest BCUT2D eigenvalue weighted by Gasteiger charge is -2.06. The Labute approximate surface area is 121 Å². The SMILES string of the molecule is Cc1nc2cc(NCCCC3CC3)c([N+](=O)[O-])cc2s1. The van der Waals surface area contributed by atoms with Crippen molar-refractivity contribution in [2.24, 2.45) is 5.92 Å². The lowest BCUT2D eigenvalue weighted by molar-refractivity contribution is -0.383. The Morgan fingerprint density at radius 1 is 1.50 bits per heavy atom. The second-order valence-electron chi connectivity index (χ2n) is 5.34. The number of nitro benzene ring substituents is 1. The molecular weight excluding hydrogens is 274 g/mol. The molecule has 0 bridgehead atoms. The normalized spacial score (nSPS) is 14.7. The predicted molar refractivity (Wildman–Crippen MR) is 81.5 cm³/mol. The smallest absolute Gasteiger partial charge is 0.293 e. The lowest BCUT2D eigenvalue weighted by atomic mass is 10.2. The molecule has 106 valence electrons. The number of aryl methyl sites for hydroxylation is 1. The van der Waals surface area contributed by atoms with Gasteiger partial charge in [0.1, 0.15) is 5.69 Å². The number of fused-ring (bicyclic) bond motifs is 1. The minimum absolute atomic E-state index is 0.146. The fraction of sp³-hybridized carbons (Fsp3) is 0.500. The van der Waals surface area contributed by atoms with Gasteiger partial charge < -0.3 is 5.32 Å². The molecule has 0 amide bonds. The van der Waals surface area contributed by atoms with Crippen LogP contribution in [0.4, 0.5) is 11.4 Å². The first-order valence-corrected chi connectivity index (χ1v) is 7.74. The third kappa shape index (κ3) is 2.90. The average Bonchev–Trinajstić information content (AvgIpc) is 3.14. The summed E-state index contributed by atoms with van der Waals surface area (Å²) in [7, 11) is 0. The zero-order chi connectivity index (χ0) is 14.1. The number of rotatable bonds is 6.